The molecule has 0 aromatic carbocycles. The van der Waals surface area contributed by atoms with Gasteiger partial charge >= 0.3 is 0 Å². The predicted molar refractivity (Wildman–Crippen MR) is 53.8 cm³/mol. The van der Waals surface area contributed by atoms with Crippen LogP contribution in [0, 0.1) is 0 Å². The maximum atomic E-state index is 5.79. The third-order valence-electron chi connectivity index (χ3n) is 2.49. The number of hydrogen-bond donors (Lipinski definition) is 2. The molecule has 0 amide bonds. The SMILES string of the molecule is Nc1cc(N)c2nc(C3CC3)cn2n1. The van der Waals surface area contributed by atoms with E-state index >= 15 is 0 Å². The molecule has 2 heterocycles. The van der Waals surface area contributed by atoms with Gasteiger partial charge in [0, 0.05) is 12.0 Å². The fourth-order valence-electron chi connectivity index (χ4n) is 1.61. The van der Waals surface area contributed by atoms with E-state index < -0.39 is 0 Å². The van der Waals surface area contributed by atoms with Crippen LogP contribution in [0.15, 0.2) is 12.3 Å². The fraction of sp³-hybridized carbons (Fsp3) is 0.333. The highest BCUT2D eigenvalue weighted by Crippen LogP contribution is 2.39. The zero-order valence-electron chi connectivity index (χ0n) is 7.64. The molecule has 0 atom stereocenters. The molecule has 0 bridgehead atoms. The highest BCUT2D eigenvalue weighted by atomic mass is 15.3. The summed E-state index contributed by atoms with van der Waals surface area (Å²) in [7, 11) is 0. The summed E-state index contributed by atoms with van der Waals surface area (Å²) in [6.45, 7) is 0. The Balaban J connectivity index is 2.26. The van der Waals surface area contributed by atoms with Gasteiger partial charge in [-0.3, -0.25) is 0 Å². The van der Waals surface area contributed by atoms with Crippen molar-refractivity contribution in [2.24, 2.45) is 0 Å². The first-order valence-corrected chi connectivity index (χ1v) is 4.65. The number of rotatable bonds is 1. The van der Waals surface area contributed by atoms with E-state index in [0.29, 0.717) is 23.1 Å². The Morgan fingerprint density at radius 2 is 2.14 bits per heavy atom. The van der Waals surface area contributed by atoms with Gasteiger partial charge in [-0.05, 0) is 12.8 Å². The number of fused-ring (bicyclic) bond motifs is 1. The average molecular weight is 189 g/mol. The quantitative estimate of drug-likeness (QED) is 0.694. The van der Waals surface area contributed by atoms with Crippen LogP contribution in [-0.2, 0) is 0 Å². The summed E-state index contributed by atoms with van der Waals surface area (Å²) < 4.78 is 1.66. The lowest BCUT2D eigenvalue weighted by Gasteiger charge is -1.97. The van der Waals surface area contributed by atoms with Gasteiger partial charge in [-0.1, -0.05) is 0 Å². The smallest absolute Gasteiger partial charge is 0.177 e. The molecule has 4 N–H and O–H groups in total. The minimum Gasteiger partial charge on any atom is -0.396 e. The fourth-order valence-corrected chi connectivity index (χ4v) is 1.61. The van der Waals surface area contributed by atoms with Crippen molar-refractivity contribution >= 4 is 17.2 Å². The van der Waals surface area contributed by atoms with Crippen molar-refractivity contribution in [3.63, 3.8) is 0 Å². The van der Waals surface area contributed by atoms with Crippen molar-refractivity contribution in [1.29, 1.82) is 0 Å². The third kappa shape index (κ3) is 1.02. The number of aromatic nitrogens is 3. The maximum Gasteiger partial charge on any atom is 0.177 e. The van der Waals surface area contributed by atoms with Gasteiger partial charge in [0.1, 0.15) is 5.82 Å². The van der Waals surface area contributed by atoms with E-state index in [9.17, 15) is 0 Å². The summed E-state index contributed by atoms with van der Waals surface area (Å²) in [4.78, 5) is 4.44. The number of imidazole rings is 1. The van der Waals surface area contributed by atoms with E-state index in [4.69, 9.17) is 11.5 Å². The number of hydrogen-bond acceptors (Lipinski definition) is 4. The Morgan fingerprint density at radius 3 is 2.86 bits per heavy atom. The summed E-state index contributed by atoms with van der Waals surface area (Å²) in [6.07, 6.45) is 4.36. The summed E-state index contributed by atoms with van der Waals surface area (Å²) in [5.74, 6) is 1.03. The third-order valence-corrected chi connectivity index (χ3v) is 2.49. The summed E-state index contributed by atoms with van der Waals surface area (Å²) in [6, 6.07) is 1.64. The van der Waals surface area contributed by atoms with E-state index in [2.05, 4.69) is 10.1 Å². The van der Waals surface area contributed by atoms with Gasteiger partial charge < -0.3 is 11.5 Å². The first-order valence-electron chi connectivity index (χ1n) is 4.65. The molecule has 1 aliphatic carbocycles. The van der Waals surface area contributed by atoms with Crippen molar-refractivity contribution in [2.75, 3.05) is 11.5 Å². The van der Waals surface area contributed by atoms with E-state index in [1.54, 1.807) is 10.6 Å². The summed E-state index contributed by atoms with van der Waals surface area (Å²) >= 11 is 0. The monoisotopic (exact) mass is 189 g/mol. The summed E-state index contributed by atoms with van der Waals surface area (Å²) in [5, 5.41) is 4.12. The van der Waals surface area contributed by atoms with Gasteiger partial charge in [-0.25, -0.2) is 9.50 Å². The van der Waals surface area contributed by atoms with Crippen LogP contribution in [0.5, 0.6) is 0 Å². The van der Waals surface area contributed by atoms with E-state index in [-0.39, 0.29) is 0 Å². The van der Waals surface area contributed by atoms with Crippen LogP contribution >= 0.6 is 0 Å². The van der Waals surface area contributed by atoms with Crippen molar-refractivity contribution in [3.8, 4) is 0 Å². The largest absolute Gasteiger partial charge is 0.396 e. The van der Waals surface area contributed by atoms with Gasteiger partial charge in [0.25, 0.3) is 0 Å². The first kappa shape index (κ1) is 7.61. The van der Waals surface area contributed by atoms with Crippen molar-refractivity contribution < 1.29 is 0 Å². The summed E-state index contributed by atoms with van der Waals surface area (Å²) in [5.41, 5.74) is 13.7. The van der Waals surface area contributed by atoms with E-state index in [1.807, 2.05) is 6.20 Å². The minimum absolute atomic E-state index is 0.426. The minimum atomic E-state index is 0.426. The molecule has 14 heavy (non-hydrogen) atoms. The van der Waals surface area contributed by atoms with Crippen LogP contribution in [0.2, 0.25) is 0 Å². The molecule has 1 saturated carbocycles. The number of nitrogens with two attached hydrogens (primary N) is 2. The van der Waals surface area contributed by atoms with Crippen LogP contribution in [0.25, 0.3) is 5.65 Å². The molecule has 1 aliphatic rings. The van der Waals surface area contributed by atoms with Crippen LogP contribution in [0.3, 0.4) is 0 Å². The second-order valence-electron chi connectivity index (χ2n) is 3.73. The Morgan fingerprint density at radius 1 is 1.36 bits per heavy atom. The Labute approximate surface area is 80.7 Å². The Bertz CT molecular complexity index is 497. The van der Waals surface area contributed by atoms with Gasteiger partial charge in [0.05, 0.1) is 17.6 Å². The average Bonchev–Trinajstić information content (AvgIpc) is 2.87. The number of anilines is 2. The molecule has 5 heteroatoms. The molecular formula is C9H11N5. The van der Waals surface area contributed by atoms with Gasteiger partial charge in [0.15, 0.2) is 5.65 Å². The Kier molecular flexibility index (Phi) is 1.29. The molecule has 0 unspecified atom stereocenters. The lowest BCUT2D eigenvalue weighted by Crippen LogP contribution is -2.00. The molecule has 1 fully saturated rings. The molecule has 2 aromatic rings. The topological polar surface area (TPSA) is 82.2 Å². The lowest BCUT2D eigenvalue weighted by molar-refractivity contribution is 0.941. The normalized spacial score (nSPS) is 16.3. The predicted octanol–water partition coefficient (Wildman–Crippen LogP) is 0.771. The van der Waals surface area contributed by atoms with Crippen molar-refractivity contribution in [1.82, 2.24) is 14.6 Å². The molecule has 0 saturated heterocycles. The van der Waals surface area contributed by atoms with Gasteiger partial charge in [-0.15, -0.1) is 5.10 Å². The van der Waals surface area contributed by atoms with Crippen LogP contribution < -0.4 is 11.5 Å². The zero-order valence-corrected chi connectivity index (χ0v) is 7.64. The second kappa shape index (κ2) is 2.37. The molecule has 72 valence electrons. The molecule has 0 radical (unpaired) electrons. The maximum absolute atomic E-state index is 5.79. The van der Waals surface area contributed by atoms with E-state index in [1.165, 1.54) is 12.8 Å². The van der Waals surface area contributed by atoms with Gasteiger partial charge in [0.2, 0.25) is 0 Å². The molecule has 2 aromatic heterocycles. The Hall–Kier alpha value is -1.78. The van der Waals surface area contributed by atoms with E-state index in [0.717, 1.165) is 5.69 Å². The first-order chi connectivity index (χ1) is 6.74. The van der Waals surface area contributed by atoms with Crippen LogP contribution in [-0.4, -0.2) is 14.6 Å². The molecular weight excluding hydrogens is 178 g/mol. The van der Waals surface area contributed by atoms with Crippen LogP contribution in [0.1, 0.15) is 24.5 Å². The zero-order chi connectivity index (χ0) is 9.71. The van der Waals surface area contributed by atoms with Crippen molar-refractivity contribution in [3.05, 3.63) is 18.0 Å². The lowest BCUT2D eigenvalue weighted by atomic mass is 10.3. The number of nitrogen functional groups attached to an aromatic ring is 2. The molecule has 0 spiro atoms. The molecule has 0 aliphatic heterocycles. The van der Waals surface area contributed by atoms with Crippen LogP contribution in [0.4, 0.5) is 11.5 Å². The molecule has 3 rings (SSSR count). The standard InChI is InChI=1S/C9H11N5/c10-6-3-8(11)13-14-4-7(5-1-2-5)12-9(6)14/h3-5H,1-2,10H2,(H2,11,13). The van der Waals surface area contributed by atoms with Crippen molar-refractivity contribution in [2.45, 2.75) is 18.8 Å². The van der Waals surface area contributed by atoms with Gasteiger partial charge in [-0.2, -0.15) is 0 Å². The molecule has 5 nitrogen and oxygen atoms in total. The second-order valence-corrected chi connectivity index (χ2v) is 3.73. The highest BCUT2D eigenvalue weighted by molar-refractivity contribution is 5.67. The highest BCUT2D eigenvalue weighted by Gasteiger charge is 2.26. The number of nitrogens with zero attached hydrogens (tertiary/aromatic N) is 3.